The van der Waals surface area contributed by atoms with Gasteiger partial charge in [-0.25, -0.2) is 9.59 Å². The van der Waals surface area contributed by atoms with Crippen LogP contribution in [0.5, 0.6) is 0 Å². The number of likely N-dealkylation sites (tertiary alicyclic amines) is 1. The predicted molar refractivity (Wildman–Crippen MR) is 174 cm³/mol. The van der Waals surface area contributed by atoms with Crippen LogP contribution in [0.3, 0.4) is 0 Å². The second kappa shape index (κ2) is 13.5. The molecule has 0 bridgehead atoms. The first-order valence-corrected chi connectivity index (χ1v) is 17.0. The van der Waals surface area contributed by atoms with Crippen molar-refractivity contribution in [2.24, 2.45) is 0 Å². The van der Waals surface area contributed by atoms with Crippen LogP contribution in [-0.4, -0.2) is 108 Å². The number of carbonyl (C=O) groups is 3. The lowest BCUT2D eigenvalue weighted by Crippen LogP contribution is -2.59. The third kappa shape index (κ3) is 6.78. The predicted octanol–water partition coefficient (Wildman–Crippen LogP) is 3.32. The third-order valence-corrected chi connectivity index (χ3v) is 10.9. The minimum Gasteiger partial charge on any atom is -0.397 e. The van der Waals surface area contributed by atoms with Crippen LogP contribution in [0, 0.1) is 6.92 Å². The third-order valence-electron chi connectivity index (χ3n) is 9.64. The largest absolute Gasteiger partial charge is 0.397 e. The van der Waals surface area contributed by atoms with Crippen molar-refractivity contribution >= 4 is 52.3 Å². The fourth-order valence-corrected chi connectivity index (χ4v) is 8.10. The van der Waals surface area contributed by atoms with Crippen molar-refractivity contribution in [3.05, 3.63) is 44.6 Å². The molecule has 0 spiro atoms. The highest BCUT2D eigenvalue weighted by atomic mass is 35.5. The lowest BCUT2D eigenvalue weighted by Gasteiger charge is -2.42. The highest BCUT2D eigenvalue weighted by molar-refractivity contribution is 7.10. The number of piperazine rings is 1. The summed E-state index contributed by atoms with van der Waals surface area (Å²) in [6.45, 7) is 8.58. The lowest BCUT2D eigenvalue weighted by molar-refractivity contribution is -0.135. The van der Waals surface area contributed by atoms with Crippen molar-refractivity contribution in [2.75, 3.05) is 63.4 Å². The number of carbonyl (C=O) groups excluding carboxylic acids is 3. The van der Waals surface area contributed by atoms with E-state index in [2.05, 4.69) is 20.9 Å². The van der Waals surface area contributed by atoms with Crippen LogP contribution in [-0.2, 0) is 17.8 Å². The number of anilines is 2. The zero-order chi connectivity index (χ0) is 30.8. The van der Waals surface area contributed by atoms with Crippen molar-refractivity contribution in [1.82, 2.24) is 30.2 Å². The molecular weight excluding hydrogens is 600 g/mol. The Hall–Kier alpha value is -3.06. The molecular formula is C31H43ClN8O3S. The van der Waals surface area contributed by atoms with Crippen LogP contribution in [0.25, 0.3) is 0 Å². The molecule has 5 N–H and O–H groups in total. The molecule has 1 aromatic carbocycles. The number of thiophene rings is 1. The second-order valence-corrected chi connectivity index (χ2v) is 13.8. The minimum absolute atomic E-state index is 0.0582. The van der Waals surface area contributed by atoms with Crippen LogP contribution < -0.4 is 21.7 Å². The molecule has 3 saturated heterocycles. The number of nitrogens with two attached hydrogens (primary N) is 1. The van der Waals surface area contributed by atoms with Gasteiger partial charge in [0.25, 0.3) is 0 Å². The van der Waals surface area contributed by atoms with Gasteiger partial charge in [-0.15, -0.1) is 11.3 Å². The smallest absolute Gasteiger partial charge is 0.322 e. The molecule has 4 aliphatic heterocycles. The van der Waals surface area contributed by atoms with Gasteiger partial charge in [-0.2, -0.15) is 0 Å². The van der Waals surface area contributed by atoms with E-state index in [-0.39, 0.29) is 24.0 Å². The Kier molecular flexibility index (Phi) is 9.51. The second-order valence-electron chi connectivity index (χ2n) is 12.4. The average molecular weight is 643 g/mol. The van der Waals surface area contributed by atoms with E-state index in [0.717, 1.165) is 60.7 Å². The Morgan fingerprint density at radius 2 is 1.77 bits per heavy atom. The Morgan fingerprint density at radius 1 is 1.05 bits per heavy atom. The molecule has 1 aromatic heterocycles. The Bertz CT molecular complexity index is 1340. The molecule has 5 amide bonds. The van der Waals surface area contributed by atoms with Crippen molar-refractivity contribution in [1.29, 1.82) is 0 Å². The molecule has 2 aromatic rings. The Balaban J connectivity index is 1.09. The van der Waals surface area contributed by atoms with Crippen LogP contribution >= 0.6 is 22.9 Å². The SMILES string of the molecule is Cc1cc(C[C@@H](NC(=O)N2CCC(N3Cc4sccc4NC3=O)CC2)C(=O)N2CCN(C3CCNCC3)CC2)cc(Cl)c1N. The van der Waals surface area contributed by atoms with Crippen molar-refractivity contribution in [2.45, 2.75) is 63.7 Å². The van der Waals surface area contributed by atoms with E-state index in [9.17, 15) is 14.4 Å². The number of fused-ring (bicyclic) bond motifs is 1. The number of amides is 5. The molecule has 5 heterocycles. The molecule has 44 heavy (non-hydrogen) atoms. The molecule has 3 fully saturated rings. The van der Waals surface area contributed by atoms with E-state index in [4.69, 9.17) is 17.3 Å². The molecule has 0 radical (unpaired) electrons. The number of halogens is 1. The first kappa shape index (κ1) is 30.9. The van der Waals surface area contributed by atoms with Crippen molar-refractivity contribution in [3.8, 4) is 0 Å². The van der Waals surface area contributed by atoms with Gasteiger partial charge in [-0.3, -0.25) is 9.69 Å². The van der Waals surface area contributed by atoms with Gasteiger partial charge in [-0.1, -0.05) is 17.7 Å². The zero-order valence-electron chi connectivity index (χ0n) is 25.3. The number of aryl methyl sites for hydroxylation is 1. The van der Waals surface area contributed by atoms with E-state index < -0.39 is 6.04 Å². The van der Waals surface area contributed by atoms with Crippen LogP contribution in [0.1, 0.15) is 41.7 Å². The summed E-state index contributed by atoms with van der Waals surface area (Å²) in [5, 5.41) is 11.9. The molecule has 13 heteroatoms. The molecule has 238 valence electrons. The normalized spacial score (nSPS) is 21.1. The molecule has 11 nitrogen and oxygen atoms in total. The van der Waals surface area contributed by atoms with E-state index in [1.54, 1.807) is 22.3 Å². The van der Waals surface area contributed by atoms with Gasteiger partial charge in [0, 0.05) is 62.7 Å². The zero-order valence-corrected chi connectivity index (χ0v) is 26.9. The Morgan fingerprint density at radius 3 is 2.48 bits per heavy atom. The summed E-state index contributed by atoms with van der Waals surface area (Å²) >= 11 is 8.04. The first-order valence-electron chi connectivity index (χ1n) is 15.7. The summed E-state index contributed by atoms with van der Waals surface area (Å²) in [6.07, 6.45) is 3.97. The van der Waals surface area contributed by atoms with Crippen LogP contribution in [0.15, 0.2) is 23.6 Å². The standard InChI is InChI=1S/C31H43ClN8O3S/c1-20-16-21(17-24(32)28(20)33)18-26(29(41)38-13-11-37(12-14-38)22-2-7-34-8-3-22)36-30(42)39-9-4-23(5-10-39)40-19-27-25(6-15-44-27)35-31(40)43/h6,15-17,22-23,26,34H,2-5,7-14,18-19,33H2,1H3,(H,35,43)(H,36,42)/t26-/m1/s1. The van der Waals surface area contributed by atoms with Crippen LogP contribution in [0.4, 0.5) is 21.0 Å². The maximum atomic E-state index is 14.0. The quantitative estimate of drug-likeness (QED) is 0.358. The molecule has 0 aliphatic carbocycles. The highest BCUT2D eigenvalue weighted by Crippen LogP contribution is 2.31. The molecule has 6 rings (SSSR count). The fraction of sp³-hybridized carbons (Fsp3) is 0.581. The molecule has 4 aliphatic rings. The fourth-order valence-electron chi connectivity index (χ4n) is 6.98. The first-order chi connectivity index (χ1) is 21.3. The van der Waals surface area contributed by atoms with Gasteiger partial charge >= 0.3 is 12.1 Å². The summed E-state index contributed by atoms with van der Waals surface area (Å²) in [5.41, 5.74) is 9.21. The van der Waals surface area contributed by atoms with Gasteiger partial charge in [0.1, 0.15) is 6.04 Å². The number of nitrogens with zero attached hydrogens (tertiary/aromatic N) is 4. The van der Waals surface area contributed by atoms with Gasteiger partial charge < -0.3 is 36.4 Å². The van der Waals surface area contributed by atoms with Crippen molar-refractivity contribution < 1.29 is 14.4 Å². The molecule has 0 saturated carbocycles. The van der Waals surface area contributed by atoms with E-state index in [0.29, 0.717) is 68.7 Å². The van der Waals surface area contributed by atoms with E-state index in [1.807, 2.05) is 34.2 Å². The molecule has 1 atom stereocenters. The number of nitrogen functional groups attached to an aromatic ring is 1. The summed E-state index contributed by atoms with van der Waals surface area (Å²) in [7, 11) is 0. The number of urea groups is 2. The van der Waals surface area contributed by atoms with Gasteiger partial charge in [0.05, 0.1) is 22.9 Å². The van der Waals surface area contributed by atoms with E-state index in [1.165, 1.54) is 0 Å². The van der Waals surface area contributed by atoms with E-state index >= 15 is 0 Å². The van der Waals surface area contributed by atoms with Gasteiger partial charge in [0.15, 0.2) is 0 Å². The topological polar surface area (TPSA) is 126 Å². The number of benzene rings is 1. The Labute approximate surface area is 268 Å². The molecule has 0 unspecified atom stereocenters. The number of hydrogen-bond donors (Lipinski definition) is 4. The highest BCUT2D eigenvalue weighted by Gasteiger charge is 2.35. The lowest BCUT2D eigenvalue weighted by atomic mass is 10.0. The van der Waals surface area contributed by atoms with Gasteiger partial charge in [-0.05, 0) is 74.3 Å². The minimum atomic E-state index is -0.727. The summed E-state index contributed by atoms with van der Waals surface area (Å²) in [4.78, 5) is 49.5. The number of rotatable bonds is 6. The maximum Gasteiger partial charge on any atom is 0.322 e. The monoisotopic (exact) mass is 642 g/mol. The van der Waals surface area contributed by atoms with Gasteiger partial charge in [0.2, 0.25) is 5.91 Å². The summed E-state index contributed by atoms with van der Waals surface area (Å²) < 4.78 is 0. The maximum absolute atomic E-state index is 14.0. The summed E-state index contributed by atoms with van der Waals surface area (Å²) in [5.74, 6) is -0.0689. The number of nitrogens with one attached hydrogen (secondary N) is 3. The summed E-state index contributed by atoms with van der Waals surface area (Å²) in [6, 6.07) is 5.23. The number of hydrogen-bond acceptors (Lipinski definition) is 7. The van der Waals surface area contributed by atoms with Crippen molar-refractivity contribution in [3.63, 3.8) is 0 Å². The average Bonchev–Trinajstić information content (AvgIpc) is 3.50. The van der Waals surface area contributed by atoms with Crippen LogP contribution in [0.2, 0.25) is 5.02 Å². The number of piperidine rings is 2.